The van der Waals surface area contributed by atoms with Crippen LogP contribution in [0.15, 0.2) is 48.0 Å². The van der Waals surface area contributed by atoms with Crippen LogP contribution in [-0.4, -0.2) is 72.6 Å². The Kier molecular flexibility index (Phi) is 9.41. The summed E-state index contributed by atoms with van der Waals surface area (Å²) in [5.41, 5.74) is 1.00. The lowest BCUT2D eigenvalue weighted by Crippen LogP contribution is -2.52. The SMILES string of the molecule is COc1ccc(-c2csc(N[C@H](C(=O)N3C[C@H](Oc4ncc(OC)c5ccc(Cl)cc45)C[C@H]3C(C)=O)C(C)(C)C)n2)c(OC)c1. The van der Waals surface area contributed by atoms with Crippen molar-refractivity contribution in [3.8, 4) is 34.4 Å². The summed E-state index contributed by atoms with van der Waals surface area (Å²) in [6.07, 6.45) is 1.47. The van der Waals surface area contributed by atoms with E-state index in [0.29, 0.717) is 50.8 Å². The Hall–Kier alpha value is -4.09. The van der Waals surface area contributed by atoms with Crippen LogP contribution in [0.25, 0.3) is 22.0 Å². The number of likely N-dealkylation sites (tertiary alicyclic amines) is 1. The number of hydrogen-bond donors (Lipinski definition) is 1. The second kappa shape index (κ2) is 13.1. The van der Waals surface area contributed by atoms with Crippen LogP contribution in [-0.2, 0) is 9.59 Å². The van der Waals surface area contributed by atoms with Crippen LogP contribution in [0.1, 0.15) is 34.1 Å². The second-order valence-electron chi connectivity index (χ2n) is 12.0. The van der Waals surface area contributed by atoms with Crippen LogP contribution in [0.2, 0.25) is 5.02 Å². The molecule has 0 unspecified atom stereocenters. The van der Waals surface area contributed by atoms with Gasteiger partial charge in [-0.25, -0.2) is 9.97 Å². The van der Waals surface area contributed by atoms with Crippen molar-refractivity contribution in [2.45, 2.75) is 52.3 Å². The molecule has 1 N–H and O–H groups in total. The number of thiazole rings is 1. The van der Waals surface area contributed by atoms with Crippen molar-refractivity contribution < 1.29 is 28.5 Å². The van der Waals surface area contributed by atoms with E-state index in [1.807, 2.05) is 44.4 Å². The Balaban J connectivity index is 1.39. The van der Waals surface area contributed by atoms with Crippen LogP contribution in [0, 0.1) is 5.41 Å². The highest BCUT2D eigenvalue weighted by atomic mass is 35.5. The van der Waals surface area contributed by atoms with Gasteiger partial charge < -0.3 is 29.2 Å². The van der Waals surface area contributed by atoms with Crippen molar-refractivity contribution in [1.82, 2.24) is 14.9 Å². The van der Waals surface area contributed by atoms with Crippen molar-refractivity contribution in [2.75, 3.05) is 33.2 Å². The lowest BCUT2D eigenvalue weighted by molar-refractivity contribution is -0.139. The minimum Gasteiger partial charge on any atom is -0.497 e. The van der Waals surface area contributed by atoms with Gasteiger partial charge in [0.05, 0.1) is 45.8 Å². The number of carbonyl (C=O) groups excluding carboxylic acids is 2. The Bertz CT molecular complexity index is 1720. The van der Waals surface area contributed by atoms with Gasteiger partial charge >= 0.3 is 0 Å². The summed E-state index contributed by atoms with van der Waals surface area (Å²) in [7, 11) is 4.77. The smallest absolute Gasteiger partial charge is 0.246 e. The van der Waals surface area contributed by atoms with Crippen LogP contribution in [0.4, 0.5) is 5.13 Å². The number of ether oxygens (including phenoxy) is 4. The number of methoxy groups -OCH3 is 3. The van der Waals surface area contributed by atoms with Crippen LogP contribution >= 0.6 is 22.9 Å². The Morgan fingerprint density at radius 2 is 1.80 bits per heavy atom. The molecule has 1 aliphatic heterocycles. The first kappa shape index (κ1) is 32.3. The average molecular weight is 653 g/mol. The number of ketones is 1. The van der Waals surface area contributed by atoms with Gasteiger partial charge in [-0.3, -0.25) is 9.59 Å². The number of fused-ring (bicyclic) bond motifs is 1. The summed E-state index contributed by atoms with van der Waals surface area (Å²) in [6.45, 7) is 7.66. The summed E-state index contributed by atoms with van der Waals surface area (Å²) >= 11 is 7.69. The quantitative estimate of drug-likeness (QED) is 0.205. The molecule has 45 heavy (non-hydrogen) atoms. The minimum atomic E-state index is -0.673. The predicted octanol–water partition coefficient (Wildman–Crippen LogP) is 6.50. The van der Waals surface area contributed by atoms with Gasteiger partial charge in [-0.2, -0.15) is 0 Å². The summed E-state index contributed by atoms with van der Waals surface area (Å²) in [4.78, 5) is 38.0. The number of anilines is 1. The zero-order valence-corrected chi connectivity index (χ0v) is 27.9. The molecule has 238 valence electrons. The number of benzene rings is 2. The largest absolute Gasteiger partial charge is 0.497 e. The normalized spacial score (nSPS) is 17.2. The van der Waals surface area contributed by atoms with Gasteiger partial charge in [0.1, 0.15) is 29.4 Å². The summed E-state index contributed by atoms with van der Waals surface area (Å²) in [5, 5.41) is 7.87. The lowest BCUT2D eigenvalue weighted by Gasteiger charge is -2.35. The lowest BCUT2D eigenvalue weighted by atomic mass is 9.85. The van der Waals surface area contributed by atoms with Gasteiger partial charge in [-0.05, 0) is 42.7 Å². The van der Waals surface area contributed by atoms with Crippen molar-refractivity contribution in [3.05, 3.63) is 53.0 Å². The van der Waals surface area contributed by atoms with Crippen LogP contribution in [0.5, 0.6) is 23.1 Å². The molecule has 12 heteroatoms. The molecule has 10 nitrogen and oxygen atoms in total. The van der Waals surface area contributed by atoms with E-state index in [1.54, 1.807) is 50.6 Å². The molecule has 1 amide bonds. The standard InChI is InChI=1S/C33H37ClN4O6S/c1-18(39)26-13-21(44-30-24-12-19(34)8-10-22(24)28(43-7)15-35-30)16-38(26)31(40)29(33(2,3)4)37-32-36-25(17-45-32)23-11-9-20(41-5)14-27(23)42-6/h8-12,14-15,17,21,26,29H,13,16H2,1-7H3,(H,36,37)/t21-,26+,29-/m1/s1. The third kappa shape index (κ3) is 6.79. The number of Topliss-reactive ketones (excluding diaryl/α,β-unsaturated/α-hetero) is 1. The maximum absolute atomic E-state index is 14.2. The Labute approximate surface area is 271 Å². The van der Waals surface area contributed by atoms with Gasteiger partial charge in [0.25, 0.3) is 0 Å². The van der Waals surface area contributed by atoms with E-state index >= 15 is 0 Å². The molecule has 0 spiro atoms. The summed E-state index contributed by atoms with van der Waals surface area (Å²) in [5.74, 6) is 1.95. The Morgan fingerprint density at radius 1 is 1.04 bits per heavy atom. The first-order valence-corrected chi connectivity index (χ1v) is 15.7. The average Bonchev–Trinajstić information content (AvgIpc) is 3.66. The third-order valence-corrected chi connectivity index (χ3v) is 8.87. The van der Waals surface area contributed by atoms with Gasteiger partial charge in [0.15, 0.2) is 10.9 Å². The maximum atomic E-state index is 14.2. The summed E-state index contributed by atoms with van der Waals surface area (Å²) in [6, 6.07) is 9.61. The molecule has 0 saturated carbocycles. The molecule has 4 aromatic rings. The maximum Gasteiger partial charge on any atom is 0.246 e. The third-order valence-electron chi connectivity index (χ3n) is 7.86. The number of amides is 1. The molecular formula is C33H37ClN4O6S. The molecule has 2 aromatic heterocycles. The number of aromatic nitrogens is 2. The highest BCUT2D eigenvalue weighted by Gasteiger charge is 2.44. The number of hydrogen-bond acceptors (Lipinski definition) is 10. The molecule has 0 radical (unpaired) electrons. The topological polar surface area (TPSA) is 112 Å². The molecule has 1 fully saturated rings. The number of pyridine rings is 1. The monoisotopic (exact) mass is 652 g/mol. The van der Waals surface area contributed by atoms with Crippen LogP contribution < -0.4 is 24.3 Å². The van der Waals surface area contributed by atoms with E-state index < -0.39 is 23.6 Å². The van der Waals surface area contributed by atoms with E-state index in [0.717, 1.165) is 10.9 Å². The van der Waals surface area contributed by atoms with Gasteiger partial charge in [0, 0.05) is 39.2 Å². The van der Waals surface area contributed by atoms with Gasteiger partial charge in [0.2, 0.25) is 11.8 Å². The highest BCUT2D eigenvalue weighted by Crippen LogP contribution is 2.38. The zero-order valence-electron chi connectivity index (χ0n) is 26.3. The molecule has 1 aliphatic rings. The van der Waals surface area contributed by atoms with Gasteiger partial charge in [-0.1, -0.05) is 32.4 Å². The molecule has 1 saturated heterocycles. The van der Waals surface area contributed by atoms with Crippen molar-refractivity contribution in [2.24, 2.45) is 5.41 Å². The van der Waals surface area contributed by atoms with E-state index in [1.165, 1.54) is 18.3 Å². The summed E-state index contributed by atoms with van der Waals surface area (Å²) < 4.78 is 22.7. The number of nitrogens with one attached hydrogen (secondary N) is 1. The number of nitrogens with zero attached hydrogens (tertiary/aromatic N) is 3. The van der Waals surface area contributed by atoms with Crippen molar-refractivity contribution in [3.63, 3.8) is 0 Å². The Morgan fingerprint density at radius 3 is 2.47 bits per heavy atom. The highest BCUT2D eigenvalue weighted by molar-refractivity contribution is 7.14. The molecule has 3 atom stereocenters. The number of rotatable bonds is 10. The first-order chi connectivity index (χ1) is 21.4. The van der Waals surface area contributed by atoms with Gasteiger partial charge in [-0.15, -0.1) is 11.3 Å². The fourth-order valence-corrected chi connectivity index (χ4v) is 6.41. The van der Waals surface area contributed by atoms with E-state index in [9.17, 15) is 9.59 Å². The van der Waals surface area contributed by atoms with E-state index in [4.69, 9.17) is 35.5 Å². The molecule has 5 rings (SSSR count). The zero-order chi connectivity index (χ0) is 32.5. The fourth-order valence-electron chi connectivity index (χ4n) is 5.50. The molecule has 0 bridgehead atoms. The van der Waals surface area contributed by atoms with E-state index in [2.05, 4.69) is 10.3 Å². The minimum absolute atomic E-state index is 0.110. The van der Waals surface area contributed by atoms with Crippen LogP contribution in [0.3, 0.4) is 0 Å². The van der Waals surface area contributed by atoms with E-state index in [-0.39, 0.29) is 18.2 Å². The molecule has 3 heterocycles. The number of carbonyl (C=O) groups is 2. The second-order valence-corrected chi connectivity index (χ2v) is 13.3. The fraction of sp³-hybridized carbons (Fsp3) is 0.394. The van der Waals surface area contributed by atoms with Crippen molar-refractivity contribution in [1.29, 1.82) is 0 Å². The number of halogens is 1. The predicted molar refractivity (Wildman–Crippen MR) is 176 cm³/mol. The van der Waals surface area contributed by atoms with Crippen molar-refractivity contribution >= 4 is 50.5 Å². The molecule has 0 aliphatic carbocycles. The molecular weight excluding hydrogens is 616 g/mol. The molecule has 2 aromatic carbocycles. The first-order valence-electron chi connectivity index (χ1n) is 14.5.